The Labute approximate surface area is 82.5 Å². The Morgan fingerprint density at radius 3 is 2.64 bits per heavy atom. The molecule has 0 aliphatic carbocycles. The highest BCUT2D eigenvalue weighted by molar-refractivity contribution is 5.67. The SMILES string of the molecule is C#Cc1c(-c2ccccc2)noc1C. The Morgan fingerprint density at radius 2 is 2.00 bits per heavy atom. The predicted octanol–water partition coefficient (Wildman–Crippen LogP) is 2.63. The van der Waals surface area contributed by atoms with Gasteiger partial charge in [0.25, 0.3) is 0 Å². The topological polar surface area (TPSA) is 26.0 Å². The lowest BCUT2D eigenvalue weighted by Gasteiger charge is -1.94. The monoisotopic (exact) mass is 183 g/mol. The van der Waals surface area contributed by atoms with E-state index in [4.69, 9.17) is 10.9 Å². The molecule has 0 saturated heterocycles. The summed E-state index contributed by atoms with van der Waals surface area (Å²) in [6.07, 6.45) is 5.38. The van der Waals surface area contributed by atoms with Crippen LogP contribution in [0.3, 0.4) is 0 Å². The lowest BCUT2D eigenvalue weighted by molar-refractivity contribution is 0.399. The molecule has 0 aliphatic heterocycles. The Balaban J connectivity index is 2.59. The van der Waals surface area contributed by atoms with Gasteiger partial charge in [-0.15, -0.1) is 6.42 Å². The number of benzene rings is 1. The average molecular weight is 183 g/mol. The van der Waals surface area contributed by atoms with Crippen LogP contribution in [0.5, 0.6) is 0 Å². The number of rotatable bonds is 1. The van der Waals surface area contributed by atoms with Gasteiger partial charge >= 0.3 is 0 Å². The van der Waals surface area contributed by atoms with E-state index in [-0.39, 0.29) is 0 Å². The van der Waals surface area contributed by atoms with E-state index in [1.54, 1.807) is 0 Å². The molecule has 0 bridgehead atoms. The first-order valence-electron chi connectivity index (χ1n) is 4.31. The molecule has 14 heavy (non-hydrogen) atoms. The number of aromatic nitrogens is 1. The first kappa shape index (κ1) is 8.58. The van der Waals surface area contributed by atoms with Gasteiger partial charge in [-0.05, 0) is 6.92 Å². The Hall–Kier alpha value is -2.01. The zero-order chi connectivity index (χ0) is 9.97. The lowest BCUT2D eigenvalue weighted by Crippen LogP contribution is -1.81. The summed E-state index contributed by atoms with van der Waals surface area (Å²) in [6.45, 7) is 1.81. The second-order valence-corrected chi connectivity index (χ2v) is 2.97. The molecule has 1 heterocycles. The first-order chi connectivity index (χ1) is 6.83. The fraction of sp³-hybridized carbons (Fsp3) is 0.0833. The van der Waals surface area contributed by atoms with Crippen molar-refractivity contribution in [3.8, 4) is 23.6 Å². The summed E-state index contributed by atoms with van der Waals surface area (Å²) in [5.41, 5.74) is 2.46. The molecule has 0 fully saturated rings. The molecule has 0 spiro atoms. The van der Waals surface area contributed by atoms with E-state index in [1.807, 2.05) is 37.3 Å². The molecule has 68 valence electrons. The molecular formula is C12H9NO. The van der Waals surface area contributed by atoms with E-state index in [2.05, 4.69) is 11.1 Å². The molecule has 2 aromatic rings. The lowest BCUT2D eigenvalue weighted by atomic mass is 10.1. The van der Waals surface area contributed by atoms with Crippen molar-refractivity contribution >= 4 is 0 Å². The van der Waals surface area contributed by atoms with Crippen LogP contribution in [0.2, 0.25) is 0 Å². The number of hydrogen-bond acceptors (Lipinski definition) is 2. The van der Waals surface area contributed by atoms with Gasteiger partial charge in [0.05, 0.1) is 5.56 Å². The van der Waals surface area contributed by atoms with Gasteiger partial charge < -0.3 is 4.52 Å². The third-order valence-electron chi connectivity index (χ3n) is 2.05. The van der Waals surface area contributed by atoms with Gasteiger partial charge in [0.15, 0.2) is 0 Å². The summed E-state index contributed by atoms with van der Waals surface area (Å²) < 4.78 is 5.05. The molecule has 0 amide bonds. The number of nitrogens with zero attached hydrogens (tertiary/aromatic N) is 1. The zero-order valence-corrected chi connectivity index (χ0v) is 7.82. The maximum atomic E-state index is 5.38. The van der Waals surface area contributed by atoms with Crippen molar-refractivity contribution in [1.29, 1.82) is 0 Å². The fourth-order valence-electron chi connectivity index (χ4n) is 1.34. The predicted molar refractivity (Wildman–Crippen MR) is 54.6 cm³/mol. The van der Waals surface area contributed by atoms with Crippen molar-refractivity contribution in [2.24, 2.45) is 0 Å². The Morgan fingerprint density at radius 1 is 1.29 bits per heavy atom. The van der Waals surface area contributed by atoms with Crippen molar-refractivity contribution in [2.75, 3.05) is 0 Å². The quantitative estimate of drug-likeness (QED) is 0.635. The van der Waals surface area contributed by atoms with Crippen molar-refractivity contribution < 1.29 is 4.52 Å². The molecule has 1 aromatic carbocycles. The number of hydrogen-bond donors (Lipinski definition) is 0. The number of terminal acetylenes is 1. The normalized spacial score (nSPS) is 9.71. The molecule has 0 radical (unpaired) electrons. The smallest absolute Gasteiger partial charge is 0.149 e. The van der Waals surface area contributed by atoms with Crippen LogP contribution in [0.1, 0.15) is 11.3 Å². The summed E-state index contributed by atoms with van der Waals surface area (Å²) in [4.78, 5) is 0. The molecule has 2 rings (SSSR count). The van der Waals surface area contributed by atoms with Gasteiger partial charge in [0.2, 0.25) is 0 Å². The van der Waals surface area contributed by atoms with E-state index in [0.717, 1.165) is 16.8 Å². The third-order valence-corrected chi connectivity index (χ3v) is 2.05. The summed E-state index contributed by atoms with van der Waals surface area (Å²) in [6, 6.07) is 9.75. The van der Waals surface area contributed by atoms with Crippen molar-refractivity contribution in [3.63, 3.8) is 0 Å². The van der Waals surface area contributed by atoms with E-state index < -0.39 is 0 Å². The van der Waals surface area contributed by atoms with Gasteiger partial charge in [-0.2, -0.15) is 0 Å². The van der Waals surface area contributed by atoms with Crippen molar-refractivity contribution in [2.45, 2.75) is 6.92 Å². The molecule has 1 aromatic heterocycles. The molecule has 0 aliphatic rings. The standard InChI is InChI=1S/C12H9NO/c1-3-11-9(2)14-13-12(11)10-7-5-4-6-8-10/h1,4-8H,2H3. The number of aryl methyl sites for hydroxylation is 1. The van der Waals surface area contributed by atoms with Gasteiger partial charge in [0.1, 0.15) is 11.5 Å². The van der Waals surface area contributed by atoms with Crippen LogP contribution in [0.25, 0.3) is 11.3 Å². The molecule has 2 nitrogen and oxygen atoms in total. The maximum absolute atomic E-state index is 5.38. The fourth-order valence-corrected chi connectivity index (χ4v) is 1.34. The highest BCUT2D eigenvalue weighted by Crippen LogP contribution is 2.23. The summed E-state index contributed by atoms with van der Waals surface area (Å²) in [5.74, 6) is 3.27. The van der Waals surface area contributed by atoms with Crippen LogP contribution in [0.15, 0.2) is 34.9 Å². The van der Waals surface area contributed by atoms with Gasteiger partial charge in [-0.25, -0.2) is 0 Å². The van der Waals surface area contributed by atoms with E-state index in [1.165, 1.54) is 0 Å². The molecular weight excluding hydrogens is 174 g/mol. The van der Waals surface area contributed by atoms with Gasteiger partial charge in [0, 0.05) is 5.56 Å². The summed E-state index contributed by atoms with van der Waals surface area (Å²) in [5, 5.41) is 3.94. The molecule has 0 saturated carbocycles. The molecule has 0 unspecified atom stereocenters. The zero-order valence-electron chi connectivity index (χ0n) is 7.82. The minimum atomic E-state index is 0.686. The summed E-state index contributed by atoms with van der Waals surface area (Å²) >= 11 is 0. The van der Waals surface area contributed by atoms with Gasteiger partial charge in [-0.1, -0.05) is 41.4 Å². The average Bonchev–Trinajstić information content (AvgIpc) is 2.61. The minimum Gasteiger partial charge on any atom is -0.360 e. The van der Waals surface area contributed by atoms with Crippen LogP contribution in [-0.4, -0.2) is 5.16 Å². The highest BCUT2D eigenvalue weighted by atomic mass is 16.5. The van der Waals surface area contributed by atoms with Crippen LogP contribution < -0.4 is 0 Å². The second-order valence-electron chi connectivity index (χ2n) is 2.97. The third kappa shape index (κ3) is 1.29. The van der Waals surface area contributed by atoms with Gasteiger partial charge in [-0.3, -0.25) is 0 Å². The minimum absolute atomic E-state index is 0.686. The second kappa shape index (κ2) is 3.39. The Bertz CT molecular complexity index is 477. The van der Waals surface area contributed by atoms with Crippen molar-refractivity contribution in [3.05, 3.63) is 41.7 Å². The van der Waals surface area contributed by atoms with E-state index in [9.17, 15) is 0 Å². The molecule has 0 N–H and O–H groups in total. The van der Waals surface area contributed by atoms with Crippen LogP contribution >= 0.6 is 0 Å². The Kier molecular flexibility index (Phi) is 2.08. The van der Waals surface area contributed by atoms with E-state index >= 15 is 0 Å². The van der Waals surface area contributed by atoms with Crippen LogP contribution in [-0.2, 0) is 0 Å². The molecule has 2 heteroatoms. The van der Waals surface area contributed by atoms with Crippen molar-refractivity contribution in [1.82, 2.24) is 5.16 Å². The maximum Gasteiger partial charge on any atom is 0.149 e. The largest absolute Gasteiger partial charge is 0.360 e. The van der Waals surface area contributed by atoms with E-state index in [0.29, 0.717) is 5.76 Å². The first-order valence-corrected chi connectivity index (χ1v) is 4.31. The highest BCUT2D eigenvalue weighted by Gasteiger charge is 2.11. The molecule has 0 atom stereocenters. The summed E-state index contributed by atoms with van der Waals surface area (Å²) in [7, 11) is 0. The van der Waals surface area contributed by atoms with Crippen LogP contribution in [0, 0.1) is 19.3 Å². The van der Waals surface area contributed by atoms with Crippen LogP contribution in [0.4, 0.5) is 0 Å².